The van der Waals surface area contributed by atoms with E-state index in [4.69, 9.17) is 0 Å². The predicted octanol–water partition coefficient (Wildman–Crippen LogP) is 2.19. The second-order valence-electron chi connectivity index (χ2n) is 7.74. The second-order valence-corrected chi connectivity index (χ2v) is 9.68. The van der Waals surface area contributed by atoms with E-state index in [9.17, 15) is 22.4 Å². The lowest BCUT2D eigenvalue weighted by Gasteiger charge is -2.33. The summed E-state index contributed by atoms with van der Waals surface area (Å²) in [4.78, 5) is 28.3. The minimum Gasteiger partial charge on any atom is -0.337 e. The molecule has 0 atom stereocenters. The minimum absolute atomic E-state index is 0.103. The molecular formula is C23H24FN3O4S. The SMILES string of the molecule is O=C(/C=C/C(=O)N1CCCc2ccccc21)N1CCN(S(=O)(=O)c2cccc(F)c2)CC1. The monoisotopic (exact) mass is 457 g/mol. The molecule has 4 rings (SSSR count). The maximum Gasteiger partial charge on any atom is 0.251 e. The quantitative estimate of drug-likeness (QED) is 0.660. The van der Waals surface area contributed by atoms with Crippen LogP contribution >= 0.6 is 0 Å². The Morgan fingerprint density at radius 2 is 1.59 bits per heavy atom. The lowest BCUT2D eigenvalue weighted by Crippen LogP contribution is -2.50. The van der Waals surface area contributed by atoms with Gasteiger partial charge in [-0.15, -0.1) is 0 Å². The van der Waals surface area contributed by atoms with E-state index in [-0.39, 0.29) is 42.9 Å². The Morgan fingerprint density at radius 3 is 2.34 bits per heavy atom. The van der Waals surface area contributed by atoms with Crippen molar-refractivity contribution < 1.29 is 22.4 Å². The van der Waals surface area contributed by atoms with Gasteiger partial charge in [-0.05, 0) is 42.7 Å². The van der Waals surface area contributed by atoms with Crippen LogP contribution in [-0.2, 0) is 26.0 Å². The fraction of sp³-hybridized carbons (Fsp3) is 0.304. The van der Waals surface area contributed by atoms with Gasteiger partial charge in [0.05, 0.1) is 4.90 Å². The van der Waals surface area contributed by atoms with Gasteiger partial charge in [0.1, 0.15) is 5.82 Å². The van der Waals surface area contributed by atoms with Gasteiger partial charge in [-0.2, -0.15) is 4.31 Å². The predicted molar refractivity (Wildman–Crippen MR) is 118 cm³/mol. The summed E-state index contributed by atoms with van der Waals surface area (Å²) in [5.41, 5.74) is 1.99. The van der Waals surface area contributed by atoms with Gasteiger partial charge in [-0.3, -0.25) is 9.59 Å². The zero-order valence-corrected chi connectivity index (χ0v) is 18.3. The molecule has 0 aromatic heterocycles. The van der Waals surface area contributed by atoms with Gasteiger partial charge < -0.3 is 9.80 Å². The summed E-state index contributed by atoms with van der Waals surface area (Å²) < 4.78 is 40.1. The first kappa shape index (κ1) is 22.2. The van der Waals surface area contributed by atoms with E-state index in [2.05, 4.69) is 0 Å². The van der Waals surface area contributed by atoms with Crippen LogP contribution in [-0.4, -0.2) is 62.2 Å². The van der Waals surface area contributed by atoms with Crippen molar-refractivity contribution in [3.63, 3.8) is 0 Å². The second kappa shape index (κ2) is 9.22. The average molecular weight is 458 g/mol. The highest BCUT2D eigenvalue weighted by atomic mass is 32.2. The highest BCUT2D eigenvalue weighted by Gasteiger charge is 2.30. The number of fused-ring (bicyclic) bond motifs is 1. The van der Waals surface area contributed by atoms with Gasteiger partial charge in [-0.25, -0.2) is 12.8 Å². The van der Waals surface area contributed by atoms with E-state index in [0.717, 1.165) is 30.2 Å². The van der Waals surface area contributed by atoms with Crippen molar-refractivity contribution in [2.45, 2.75) is 17.7 Å². The molecule has 2 heterocycles. The number of halogens is 1. The van der Waals surface area contributed by atoms with Crippen LogP contribution in [0.2, 0.25) is 0 Å². The number of benzene rings is 2. The number of piperazine rings is 1. The molecular weight excluding hydrogens is 433 g/mol. The third kappa shape index (κ3) is 4.58. The number of hydrogen-bond acceptors (Lipinski definition) is 4. The lowest BCUT2D eigenvalue weighted by molar-refractivity contribution is -0.127. The number of para-hydroxylation sites is 1. The Balaban J connectivity index is 1.36. The number of nitrogens with zero attached hydrogens (tertiary/aromatic N) is 3. The number of carbonyl (C=O) groups excluding carboxylic acids is 2. The van der Waals surface area contributed by atoms with Crippen LogP contribution in [0.1, 0.15) is 12.0 Å². The van der Waals surface area contributed by atoms with E-state index in [0.29, 0.717) is 6.54 Å². The number of aryl methyl sites for hydroxylation is 1. The average Bonchev–Trinajstić information content (AvgIpc) is 2.82. The van der Waals surface area contributed by atoms with Crippen molar-refractivity contribution in [3.8, 4) is 0 Å². The summed E-state index contributed by atoms with van der Waals surface area (Å²) >= 11 is 0. The summed E-state index contributed by atoms with van der Waals surface area (Å²) in [6, 6.07) is 12.6. The third-order valence-corrected chi connectivity index (χ3v) is 7.62. The van der Waals surface area contributed by atoms with E-state index >= 15 is 0 Å². The molecule has 2 aromatic carbocycles. The molecule has 0 saturated carbocycles. The van der Waals surface area contributed by atoms with Crippen molar-refractivity contribution in [1.82, 2.24) is 9.21 Å². The van der Waals surface area contributed by atoms with E-state index in [1.165, 1.54) is 39.6 Å². The van der Waals surface area contributed by atoms with Crippen molar-refractivity contribution in [1.29, 1.82) is 0 Å². The van der Waals surface area contributed by atoms with Gasteiger partial charge in [0.2, 0.25) is 15.9 Å². The van der Waals surface area contributed by atoms with E-state index < -0.39 is 15.8 Å². The fourth-order valence-electron chi connectivity index (χ4n) is 4.03. The maximum absolute atomic E-state index is 13.4. The zero-order chi connectivity index (χ0) is 22.7. The van der Waals surface area contributed by atoms with Crippen LogP contribution in [0, 0.1) is 5.82 Å². The Bertz CT molecular complexity index is 1160. The Hall–Kier alpha value is -3.04. The molecule has 7 nitrogen and oxygen atoms in total. The standard InChI is InChI=1S/C23H24FN3O4S/c24-19-7-3-8-20(17-19)32(30,31)26-15-13-25(14-16-26)22(28)10-11-23(29)27-12-4-6-18-5-1-2-9-21(18)27/h1-3,5,7-11,17H,4,6,12-16H2/b11-10+. The first-order chi connectivity index (χ1) is 15.4. The Morgan fingerprint density at radius 1 is 0.875 bits per heavy atom. The molecule has 0 bridgehead atoms. The molecule has 0 spiro atoms. The van der Waals surface area contributed by atoms with Crippen LogP contribution in [0.4, 0.5) is 10.1 Å². The van der Waals surface area contributed by atoms with Crippen molar-refractivity contribution in [2.24, 2.45) is 0 Å². The molecule has 0 N–H and O–H groups in total. The molecule has 32 heavy (non-hydrogen) atoms. The number of rotatable bonds is 4. The van der Waals surface area contributed by atoms with E-state index in [1.54, 1.807) is 4.90 Å². The van der Waals surface area contributed by atoms with E-state index in [1.807, 2.05) is 24.3 Å². The molecule has 1 saturated heterocycles. The van der Waals surface area contributed by atoms with Crippen molar-refractivity contribution in [2.75, 3.05) is 37.6 Å². The first-order valence-corrected chi connectivity index (χ1v) is 11.9. The van der Waals surface area contributed by atoms with Crippen LogP contribution in [0.3, 0.4) is 0 Å². The molecule has 2 aliphatic heterocycles. The zero-order valence-electron chi connectivity index (χ0n) is 17.5. The molecule has 0 unspecified atom stereocenters. The molecule has 2 aromatic rings. The van der Waals surface area contributed by atoms with Crippen LogP contribution < -0.4 is 4.90 Å². The number of amides is 2. The largest absolute Gasteiger partial charge is 0.337 e. The van der Waals surface area contributed by atoms with Crippen LogP contribution in [0.25, 0.3) is 0 Å². The maximum atomic E-state index is 13.4. The molecule has 9 heteroatoms. The first-order valence-electron chi connectivity index (χ1n) is 10.5. The highest BCUT2D eigenvalue weighted by Crippen LogP contribution is 2.27. The van der Waals surface area contributed by atoms with Crippen LogP contribution in [0.15, 0.2) is 65.6 Å². The number of carbonyl (C=O) groups is 2. The third-order valence-electron chi connectivity index (χ3n) is 5.73. The summed E-state index contributed by atoms with van der Waals surface area (Å²) in [7, 11) is -3.83. The molecule has 2 aliphatic rings. The van der Waals surface area contributed by atoms with Gasteiger partial charge in [0.15, 0.2) is 0 Å². The summed E-state index contributed by atoms with van der Waals surface area (Å²) in [5, 5.41) is 0. The lowest BCUT2D eigenvalue weighted by atomic mass is 10.0. The smallest absolute Gasteiger partial charge is 0.251 e. The van der Waals surface area contributed by atoms with Gasteiger partial charge >= 0.3 is 0 Å². The number of hydrogen-bond donors (Lipinski definition) is 0. The Labute approximate surface area is 186 Å². The van der Waals surface area contributed by atoms with Crippen molar-refractivity contribution >= 4 is 27.5 Å². The molecule has 0 aliphatic carbocycles. The topological polar surface area (TPSA) is 78.0 Å². The highest BCUT2D eigenvalue weighted by molar-refractivity contribution is 7.89. The summed E-state index contributed by atoms with van der Waals surface area (Å²) in [5.74, 6) is -1.21. The summed E-state index contributed by atoms with van der Waals surface area (Å²) in [6.45, 7) is 1.19. The molecule has 168 valence electrons. The Kier molecular flexibility index (Phi) is 6.38. The number of sulfonamides is 1. The minimum atomic E-state index is -3.83. The normalized spacial score (nSPS) is 17.4. The number of anilines is 1. The molecule has 1 fully saturated rings. The van der Waals surface area contributed by atoms with Crippen molar-refractivity contribution in [3.05, 3.63) is 72.1 Å². The van der Waals surface area contributed by atoms with Gasteiger partial charge in [0, 0.05) is 50.6 Å². The van der Waals surface area contributed by atoms with Crippen LogP contribution in [0.5, 0.6) is 0 Å². The molecule has 2 amide bonds. The fourth-order valence-corrected chi connectivity index (χ4v) is 5.48. The van der Waals surface area contributed by atoms with Gasteiger partial charge in [-0.1, -0.05) is 24.3 Å². The summed E-state index contributed by atoms with van der Waals surface area (Å²) in [6.07, 6.45) is 4.31. The molecule has 0 radical (unpaired) electrons. The van der Waals surface area contributed by atoms with Gasteiger partial charge in [0.25, 0.3) is 5.91 Å².